The van der Waals surface area contributed by atoms with Crippen molar-refractivity contribution in [3.05, 3.63) is 29.6 Å². The van der Waals surface area contributed by atoms with Crippen molar-refractivity contribution in [2.75, 3.05) is 25.1 Å². The first-order chi connectivity index (χ1) is 7.24. The molecule has 1 aromatic rings. The molecule has 1 heterocycles. The van der Waals surface area contributed by atoms with E-state index in [9.17, 15) is 4.39 Å². The number of anilines is 1. The number of halogens is 1. The maximum atomic E-state index is 13.5. The van der Waals surface area contributed by atoms with Crippen LogP contribution in [0.3, 0.4) is 0 Å². The third-order valence-electron chi connectivity index (χ3n) is 2.77. The Bertz CT molecular complexity index is 350. The van der Waals surface area contributed by atoms with E-state index < -0.39 is 0 Å². The van der Waals surface area contributed by atoms with Crippen LogP contribution in [0.4, 0.5) is 10.1 Å². The van der Waals surface area contributed by atoms with E-state index in [1.807, 2.05) is 4.90 Å². The fourth-order valence-corrected chi connectivity index (χ4v) is 1.71. The minimum Gasteiger partial charge on any atom is -0.378 e. The molecule has 1 aliphatic rings. The first-order valence-corrected chi connectivity index (χ1v) is 5.01. The van der Waals surface area contributed by atoms with Gasteiger partial charge in [0.2, 0.25) is 0 Å². The highest BCUT2D eigenvalue weighted by Crippen LogP contribution is 2.26. The highest BCUT2D eigenvalue weighted by atomic mass is 19.1. The van der Waals surface area contributed by atoms with E-state index in [4.69, 9.17) is 10.5 Å². The Hall–Kier alpha value is -1.13. The van der Waals surface area contributed by atoms with Gasteiger partial charge < -0.3 is 15.4 Å². The Balaban J connectivity index is 2.14. The molecule has 0 spiro atoms. The molecular weight excluding hydrogens is 195 g/mol. The fourth-order valence-electron chi connectivity index (χ4n) is 1.71. The van der Waals surface area contributed by atoms with Crippen molar-refractivity contribution in [3.8, 4) is 0 Å². The summed E-state index contributed by atoms with van der Waals surface area (Å²) in [5.41, 5.74) is 7.10. The molecule has 15 heavy (non-hydrogen) atoms. The van der Waals surface area contributed by atoms with Crippen molar-refractivity contribution in [3.63, 3.8) is 0 Å². The van der Waals surface area contributed by atoms with Gasteiger partial charge in [-0.25, -0.2) is 4.39 Å². The molecule has 0 unspecified atom stereocenters. The number of nitrogens with zero attached hydrogens (tertiary/aromatic N) is 1. The Morgan fingerprint density at radius 2 is 2.27 bits per heavy atom. The van der Waals surface area contributed by atoms with Gasteiger partial charge in [-0.05, 0) is 17.7 Å². The molecule has 3 nitrogen and oxygen atoms in total. The van der Waals surface area contributed by atoms with Gasteiger partial charge in [0.1, 0.15) is 5.82 Å². The van der Waals surface area contributed by atoms with Crippen molar-refractivity contribution in [2.24, 2.45) is 5.73 Å². The van der Waals surface area contributed by atoms with Gasteiger partial charge in [0.25, 0.3) is 0 Å². The van der Waals surface area contributed by atoms with Gasteiger partial charge in [-0.1, -0.05) is 6.07 Å². The van der Waals surface area contributed by atoms with E-state index >= 15 is 0 Å². The molecule has 0 aromatic heterocycles. The summed E-state index contributed by atoms with van der Waals surface area (Å²) < 4.78 is 18.6. The Labute approximate surface area is 88.6 Å². The summed E-state index contributed by atoms with van der Waals surface area (Å²) in [7, 11) is 1.68. The smallest absolute Gasteiger partial charge is 0.146 e. The van der Waals surface area contributed by atoms with Crippen molar-refractivity contribution < 1.29 is 9.13 Å². The second-order valence-electron chi connectivity index (χ2n) is 3.75. The average Bonchev–Trinajstić information content (AvgIpc) is 2.19. The van der Waals surface area contributed by atoms with E-state index in [-0.39, 0.29) is 11.9 Å². The van der Waals surface area contributed by atoms with Gasteiger partial charge >= 0.3 is 0 Å². The van der Waals surface area contributed by atoms with Gasteiger partial charge in [-0.2, -0.15) is 0 Å². The molecule has 0 saturated carbocycles. The third kappa shape index (κ3) is 1.96. The molecule has 1 aromatic carbocycles. The minimum absolute atomic E-state index is 0.193. The minimum atomic E-state index is -0.193. The summed E-state index contributed by atoms with van der Waals surface area (Å²) in [6.07, 6.45) is 0.228. The van der Waals surface area contributed by atoms with E-state index in [0.717, 1.165) is 18.7 Å². The van der Waals surface area contributed by atoms with Gasteiger partial charge in [0.15, 0.2) is 0 Å². The maximum absolute atomic E-state index is 13.5. The standard InChI is InChI=1S/C11H15FN2O/c1-15-9-6-14(7-9)11-4-8(5-13)2-3-10(11)12/h2-4,9H,5-7,13H2,1H3. The fraction of sp³-hybridized carbons (Fsp3) is 0.455. The Morgan fingerprint density at radius 3 is 2.87 bits per heavy atom. The lowest BCUT2D eigenvalue weighted by Crippen LogP contribution is -2.52. The van der Waals surface area contributed by atoms with Crippen LogP contribution in [0.25, 0.3) is 0 Å². The van der Waals surface area contributed by atoms with Crippen LogP contribution in [-0.2, 0) is 11.3 Å². The van der Waals surface area contributed by atoms with Crippen LogP contribution in [-0.4, -0.2) is 26.3 Å². The first-order valence-electron chi connectivity index (χ1n) is 5.01. The molecule has 1 saturated heterocycles. The van der Waals surface area contributed by atoms with E-state index in [0.29, 0.717) is 12.2 Å². The summed E-state index contributed by atoms with van der Waals surface area (Å²) in [5.74, 6) is -0.193. The van der Waals surface area contributed by atoms with Crippen LogP contribution in [0.5, 0.6) is 0 Å². The van der Waals surface area contributed by atoms with Gasteiger partial charge in [0.05, 0.1) is 11.8 Å². The summed E-state index contributed by atoms with van der Waals surface area (Å²) in [6.45, 7) is 1.94. The normalized spacial score (nSPS) is 16.6. The molecule has 0 radical (unpaired) electrons. The lowest BCUT2D eigenvalue weighted by atomic mass is 10.1. The number of benzene rings is 1. The summed E-state index contributed by atoms with van der Waals surface area (Å²) in [4.78, 5) is 1.96. The van der Waals surface area contributed by atoms with Crippen molar-refractivity contribution in [1.82, 2.24) is 0 Å². The van der Waals surface area contributed by atoms with E-state index in [1.165, 1.54) is 6.07 Å². The number of hydrogen-bond acceptors (Lipinski definition) is 3. The highest BCUT2D eigenvalue weighted by molar-refractivity contribution is 5.52. The van der Waals surface area contributed by atoms with Crippen LogP contribution < -0.4 is 10.6 Å². The van der Waals surface area contributed by atoms with Crippen LogP contribution in [0.1, 0.15) is 5.56 Å². The molecule has 0 amide bonds. The molecule has 0 aliphatic carbocycles. The molecule has 2 rings (SSSR count). The molecule has 0 atom stereocenters. The number of nitrogens with two attached hydrogens (primary N) is 1. The summed E-state index contributed by atoms with van der Waals surface area (Å²) in [5, 5.41) is 0. The van der Waals surface area contributed by atoms with E-state index in [2.05, 4.69) is 0 Å². The molecule has 2 N–H and O–H groups in total. The second kappa shape index (κ2) is 4.16. The monoisotopic (exact) mass is 210 g/mol. The molecule has 1 aliphatic heterocycles. The molecular formula is C11H15FN2O. The van der Waals surface area contributed by atoms with Crippen LogP contribution in [0, 0.1) is 5.82 Å². The molecule has 4 heteroatoms. The van der Waals surface area contributed by atoms with Crippen LogP contribution >= 0.6 is 0 Å². The molecule has 1 fully saturated rings. The lowest BCUT2D eigenvalue weighted by molar-refractivity contribution is 0.0784. The summed E-state index contributed by atoms with van der Waals surface area (Å²) in [6, 6.07) is 4.99. The van der Waals surface area contributed by atoms with Gasteiger partial charge in [-0.15, -0.1) is 0 Å². The van der Waals surface area contributed by atoms with Crippen molar-refractivity contribution in [1.29, 1.82) is 0 Å². The lowest BCUT2D eigenvalue weighted by Gasteiger charge is -2.40. The Kier molecular flexibility index (Phi) is 2.88. The zero-order valence-corrected chi connectivity index (χ0v) is 8.74. The Morgan fingerprint density at radius 1 is 1.53 bits per heavy atom. The van der Waals surface area contributed by atoms with Gasteiger partial charge in [0, 0.05) is 26.7 Å². The van der Waals surface area contributed by atoms with Crippen molar-refractivity contribution >= 4 is 5.69 Å². The number of hydrogen-bond donors (Lipinski definition) is 1. The van der Waals surface area contributed by atoms with Gasteiger partial charge in [-0.3, -0.25) is 0 Å². The summed E-state index contributed by atoms with van der Waals surface area (Å²) >= 11 is 0. The topological polar surface area (TPSA) is 38.5 Å². The van der Waals surface area contributed by atoms with Crippen LogP contribution in [0.15, 0.2) is 18.2 Å². The third-order valence-corrected chi connectivity index (χ3v) is 2.77. The predicted molar refractivity (Wildman–Crippen MR) is 57.3 cm³/mol. The molecule has 82 valence electrons. The largest absolute Gasteiger partial charge is 0.378 e. The van der Waals surface area contributed by atoms with Crippen LogP contribution in [0.2, 0.25) is 0 Å². The maximum Gasteiger partial charge on any atom is 0.146 e. The zero-order chi connectivity index (χ0) is 10.8. The van der Waals surface area contributed by atoms with Crippen molar-refractivity contribution in [2.45, 2.75) is 12.6 Å². The predicted octanol–water partition coefficient (Wildman–Crippen LogP) is 1.12. The SMILES string of the molecule is COC1CN(c2cc(CN)ccc2F)C1. The zero-order valence-electron chi connectivity index (χ0n) is 8.74. The number of ether oxygens (including phenoxy) is 1. The molecule has 0 bridgehead atoms. The highest BCUT2D eigenvalue weighted by Gasteiger charge is 2.28. The number of methoxy groups -OCH3 is 1. The quantitative estimate of drug-likeness (QED) is 0.812. The number of rotatable bonds is 3. The average molecular weight is 210 g/mol. The second-order valence-corrected chi connectivity index (χ2v) is 3.75. The first kappa shape index (κ1) is 10.4. The van der Waals surface area contributed by atoms with E-state index in [1.54, 1.807) is 19.2 Å².